The van der Waals surface area contributed by atoms with Crippen molar-refractivity contribution in [1.82, 2.24) is 24.4 Å². The highest BCUT2D eigenvalue weighted by Crippen LogP contribution is 2.34. The third-order valence-electron chi connectivity index (χ3n) is 6.77. The van der Waals surface area contributed by atoms with Gasteiger partial charge in [0.15, 0.2) is 5.65 Å². The number of aryl methyl sites for hydroxylation is 1. The quantitative estimate of drug-likeness (QED) is 0.567. The van der Waals surface area contributed by atoms with Gasteiger partial charge in [0.25, 0.3) is 5.56 Å². The monoisotopic (exact) mass is 461 g/mol. The molecule has 3 aromatic heterocycles. The second kappa shape index (κ2) is 8.81. The van der Waals surface area contributed by atoms with Crippen molar-refractivity contribution in [3.63, 3.8) is 0 Å². The molecule has 1 fully saturated rings. The van der Waals surface area contributed by atoms with Crippen LogP contribution in [0.2, 0.25) is 0 Å². The molecule has 34 heavy (non-hydrogen) atoms. The molecule has 1 unspecified atom stereocenters. The minimum Gasteiger partial charge on any atom is -0.444 e. The van der Waals surface area contributed by atoms with Crippen LogP contribution in [0.5, 0.6) is 0 Å². The molecule has 5 rings (SSSR count). The highest BCUT2D eigenvalue weighted by molar-refractivity contribution is 5.71. The first-order chi connectivity index (χ1) is 16.3. The molecule has 0 spiro atoms. The van der Waals surface area contributed by atoms with Gasteiger partial charge in [-0.15, -0.1) is 0 Å². The number of ether oxygens (including phenoxy) is 1. The minimum absolute atomic E-state index is 0.00887. The first-order valence-corrected chi connectivity index (χ1v) is 12.1. The average Bonchev–Trinajstić information content (AvgIpc) is 2.82. The fraction of sp³-hybridized carbons (Fsp3) is 0.500. The summed E-state index contributed by atoms with van der Waals surface area (Å²) < 4.78 is 7.37. The molecule has 1 amide bonds. The van der Waals surface area contributed by atoms with E-state index < -0.39 is 5.60 Å². The van der Waals surface area contributed by atoms with Crippen molar-refractivity contribution < 1.29 is 9.53 Å². The number of rotatable bonds is 2. The van der Waals surface area contributed by atoms with Gasteiger partial charge in [0, 0.05) is 42.9 Å². The Morgan fingerprint density at radius 2 is 1.79 bits per heavy atom. The number of fused-ring (bicyclic) bond motifs is 2. The summed E-state index contributed by atoms with van der Waals surface area (Å²) in [4.78, 5) is 41.9. The van der Waals surface area contributed by atoms with E-state index in [1.165, 1.54) is 0 Å². The van der Waals surface area contributed by atoms with Gasteiger partial charge >= 0.3 is 6.09 Å². The number of nitrogens with zero attached hydrogens (tertiary/aromatic N) is 5. The van der Waals surface area contributed by atoms with Crippen LogP contribution >= 0.6 is 0 Å². The molecular weight excluding hydrogens is 430 g/mol. The summed E-state index contributed by atoms with van der Waals surface area (Å²) in [6.45, 7) is 6.74. The summed E-state index contributed by atoms with van der Waals surface area (Å²) in [5.74, 6) is 0.0563. The zero-order valence-electron chi connectivity index (χ0n) is 20.0. The van der Waals surface area contributed by atoms with Gasteiger partial charge in [-0.25, -0.2) is 9.78 Å². The number of piperidine rings is 1. The molecule has 0 saturated carbocycles. The minimum atomic E-state index is -0.524. The van der Waals surface area contributed by atoms with Gasteiger partial charge in [0.05, 0.1) is 6.04 Å². The van der Waals surface area contributed by atoms with E-state index in [-0.39, 0.29) is 23.6 Å². The molecule has 8 heteroatoms. The van der Waals surface area contributed by atoms with Crippen LogP contribution < -0.4 is 5.56 Å². The molecule has 1 aliphatic heterocycles. The number of pyridine rings is 2. The molecule has 4 heterocycles. The molecule has 2 aliphatic rings. The predicted octanol–water partition coefficient (Wildman–Crippen LogP) is 4.23. The highest BCUT2D eigenvalue weighted by Gasteiger charge is 2.31. The van der Waals surface area contributed by atoms with Crippen molar-refractivity contribution in [3.8, 4) is 0 Å². The van der Waals surface area contributed by atoms with Crippen molar-refractivity contribution in [1.29, 1.82) is 0 Å². The fourth-order valence-electron chi connectivity index (χ4n) is 5.20. The van der Waals surface area contributed by atoms with E-state index in [9.17, 15) is 9.59 Å². The second-order valence-electron chi connectivity index (χ2n) is 10.2. The van der Waals surface area contributed by atoms with Crippen LogP contribution in [-0.2, 0) is 11.2 Å². The van der Waals surface area contributed by atoms with Gasteiger partial charge in [-0.2, -0.15) is 0 Å². The van der Waals surface area contributed by atoms with Crippen LogP contribution in [0.25, 0.3) is 11.2 Å². The maximum Gasteiger partial charge on any atom is 0.410 e. The number of hydrogen-bond donors (Lipinski definition) is 0. The van der Waals surface area contributed by atoms with Crippen LogP contribution in [0, 0.1) is 0 Å². The van der Waals surface area contributed by atoms with E-state index in [0.29, 0.717) is 31.6 Å². The Bertz CT molecular complexity index is 1270. The molecule has 0 aromatic carbocycles. The topological polar surface area (TPSA) is 90.2 Å². The Morgan fingerprint density at radius 3 is 2.56 bits per heavy atom. The van der Waals surface area contributed by atoms with E-state index in [1.54, 1.807) is 17.3 Å². The average molecular weight is 462 g/mol. The molecule has 178 valence electrons. The Labute approximate surface area is 199 Å². The maximum absolute atomic E-state index is 14.0. The molecule has 1 atom stereocenters. The van der Waals surface area contributed by atoms with E-state index in [2.05, 4.69) is 21.0 Å². The van der Waals surface area contributed by atoms with Crippen LogP contribution in [0.15, 0.2) is 41.6 Å². The van der Waals surface area contributed by atoms with Gasteiger partial charge < -0.3 is 9.64 Å². The summed E-state index contributed by atoms with van der Waals surface area (Å²) in [5, 5.41) is 0. The second-order valence-corrected chi connectivity index (χ2v) is 10.2. The van der Waals surface area contributed by atoms with Gasteiger partial charge in [0.1, 0.15) is 11.1 Å². The number of aromatic nitrogens is 4. The summed E-state index contributed by atoms with van der Waals surface area (Å²) in [6, 6.07) is 5.81. The molecule has 0 N–H and O–H groups in total. The van der Waals surface area contributed by atoms with E-state index in [1.807, 2.05) is 43.7 Å². The number of hydrogen-bond acceptors (Lipinski definition) is 6. The Morgan fingerprint density at radius 1 is 1.03 bits per heavy atom. The lowest BCUT2D eigenvalue weighted by atomic mass is 9.88. The Hall–Kier alpha value is -3.29. The van der Waals surface area contributed by atoms with Gasteiger partial charge in [-0.05, 0) is 76.5 Å². The van der Waals surface area contributed by atoms with Crippen LogP contribution in [0.4, 0.5) is 4.79 Å². The van der Waals surface area contributed by atoms with Gasteiger partial charge in [0.2, 0.25) is 0 Å². The fourth-order valence-corrected chi connectivity index (χ4v) is 5.20. The zero-order valence-corrected chi connectivity index (χ0v) is 20.0. The summed E-state index contributed by atoms with van der Waals surface area (Å²) in [5.41, 5.74) is 3.72. The number of carbonyl (C=O) groups excluding carboxylic acids is 1. The molecule has 3 aromatic rings. The van der Waals surface area contributed by atoms with Crippen molar-refractivity contribution >= 4 is 17.3 Å². The molecule has 1 aliphatic carbocycles. The first-order valence-electron chi connectivity index (χ1n) is 12.1. The molecular formula is C26H31N5O3. The third kappa shape index (κ3) is 4.29. The number of carbonyl (C=O) groups is 1. The highest BCUT2D eigenvalue weighted by atomic mass is 16.6. The van der Waals surface area contributed by atoms with Gasteiger partial charge in [-0.1, -0.05) is 6.07 Å². The van der Waals surface area contributed by atoms with Crippen LogP contribution in [-0.4, -0.2) is 49.2 Å². The Balaban J connectivity index is 1.50. The lowest BCUT2D eigenvalue weighted by molar-refractivity contribution is 0.0204. The smallest absolute Gasteiger partial charge is 0.410 e. The molecule has 0 radical (unpaired) electrons. The van der Waals surface area contributed by atoms with Crippen molar-refractivity contribution in [2.45, 2.75) is 70.4 Å². The number of likely N-dealkylation sites (tertiary alicyclic amines) is 1. The summed E-state index contributed by atoms with van der Waals surface area (Å²) in [7, 11) is 0. The lowest BCUT2D eigenvalue weighted by Gasteiger charge is -2.34. The largest absolute Gasteiger partial charge is 0.444 e. The van der Waals surface area contributed by atoms with Crippen molar-refractivity contribution in [2.75, 3.05) is 13.1 Å². The van der Waals surface area contributed by atoms with Crippen molar-refractivity contribution in [3.05, 3.63) is 64.0 Å². The van der Waals surface area contributed by atoms with E-state index >= 15 is 0 Å². The zero-order chi connectivity index (χ0) is 23.9. The Kier molecular flexibility index (Phi) is 5.83. The third-order valence-corrected chi connectivity index (χ3v) is 6.77. The van der Waals surface area contributed by atoms with E-state index in [4.69, 9.17) is 4.74 Å². The first kappa shape index (κ1) is 22.5. The maximum atomic E-state index is 14.0. The summed E-state index contributed by atoms with van der Waals surface area (Å²) >= 11 is 0. The van der Waals surface area contributed by atoms with Crippen LogP contribution in [0.3, 0.4) is 0 Å². The SMILES string of the molecule is CC(C)(C)OC(=O)N1CCC(c2cc3nccnc3n(C3CCCc4ncccc43)c2=O)CC1. The normalized spacial score (nSPS) is 19.1. The van der Waals surface area contributed by atoms with Crippen molar-refractivity contribution in [2.24, 2.45) is 0 Å². The number of amides is 1. The summed E-state index contributed by atoms with van der Waals surface area (Å²) in [6.07, 6.45) is 9.02. The van der Waals surface area contributed by atoms with Gasteiger partial charge in [-0.3, -0.25) is 19.3 Å². The van der Waals surface area contributed by atoms with E-state index in [0.717, 1.165) is 41.6 Å². The van der Waals surface area contributed by atoms with Crippen LogP contribution in [0.1, 0.15) is 75.2 Å². The molecule has 1 saturated heterocycles. The molecule has 0 bridgehead atoms. The standard InChI is InChI=1S/C26H31N5O3/c1-26(2,3)34-25(33)30-14-9-17(10-15-30)19-16-21-23(29-13-12-28-21)31(24(19)32)22-8-4-7-20-18(22)6-5-11-27-20/h5-6,11-13,16-17,22H,4,7-10,14-15H2,1-3H3. The lowest BCUT2D eigenvalue weighted by Crippen LogP contribution is -2.42. The molecule has 8 nitrogen and oxygen atoms in total. The predicted molar refractivity (Wildman–Crippen MR) is 129 cm³/mol.